The van der Waals surface area contributed by atoms with Gasteiger partial charge in [0, 0.05) is 60.1 Å². The largest absolute Gasteiger partial charge is 0.344 e. The number of thiazole rings is 1. The van der Waals surface area contributed by atoms with Crippen LogP contribution in [-0.4, -0.2) is 64.7 Å². The molecule has 0 bridgehead atoms. The first-order valence-electron chi connectivity index (χ1n) is 10.7. The molecule has 1 aromatic carbocycles. The summed E-state index contributed by atoms with van der Waals surface area (Å²) in [5, 5.41) is 2.27. The fraction of sp³-hybridized carbons (Fsp3) is 0.261. The minimum atomic E-state index is -3.74. The lowest BCUT2D eigenvalue weighted by atomic mass is 10.2. The van der Waals surface area contributed by atoms with Crippen LogP contribution in [0.1, 0.15) is 20.9 Å². The Kier molecular flexibility index (Phi) is 5.93. The lowest BCUT2D eigenvalue weighted by Gasteiger charge is -2.33. The molecule has 1 aliphatic heterocycles. The number of sulfonamides is 1. The van der Waals surface area contributed by atoms with Crippen LogP contribution in [0, 0.1) is 13.8 Å². The molecule has 0 saturated carbocycles. The van der Waals surface area contributed by atoms with Crippen molar-refractivity contribution < 1.29 is 13.2 Å². The molecule has 0 atom stereocenters. The number of halogens is 1. The van der Waals surface area contributed by atoms with E-state index in [0.29, 0.717) is 34.2 Å². The van der Waals surface area contributed by atoms with Gasteiger partial charge in [-0.15, -0.1) is 11.3 Å². The SMILES string of the molecule is Cc1nc(-c2ccncc2)sc1C(=O)N1CCN(S(=O)(=O)c2[nH]c3ccc(Cl)cc3c2C)CC1. The van der Waals surface area contributed by atoms with Gasteiger partial charge in [-0.25, -0.2) is 13.4 Å². The molecule has 1 saturated heterocycles. The van der Waals surface area contributed by atoms with Crippen LogP contribution in [-0.2, 0) is 10.0 Å². The van der Waals surface area contributed by atoms with Gasteiger partial charge in [0.2, 0.25) is 0 Å². The second-order valence-corrected chi connectivity index (χ2v) is 11.4. The summed E-state index contributed by atoms with van der Waals surface area (Å²) in [6.07, 6.45) is 3.38. The summed E-state index contributed by atoms with van der Waals surface area (Å²) in [7, 11) is -3.74. The Labute approximate surface area is 206 Å². The number of nitrogens with one attached hydrogen (secondary N) is 1. The smallest absolute Gasteiger partial charge is 0.265 e. The van der Waals surface area contributed by atoms with Crippen molar-refractivity contribution in [2.45, 2.75) is 18.9 Å². The Morgan fingerprint density at radius 3 is 2.50 bits per heavy atom. The highest BCUT2D eigenvalue weighted by molar-refractivity contribution is 7.89. The first kappa shape index (κ1) is 23.0. The number of rotatable bonds is 4. The maximum atomic E-state index is 13.4. The maximum Gasteiger partial charge on any atom is 0.265 e. The van der Waals surface area contributed by atoms with E-state index in [0.717, 1.165) is 21.5 Å². The van der Waals surface area contributed by atoms with E-state index in [4.69, 9.17) is 11.6 Å². The van der Waals surface area contributed by atoms with Gasteiger partial charge in [-0.1, -0.05) is 11.6 Å². The van der Waals surface area contributed by atoms with Crippen molar-refractivity contribution in [3.8, 4) is 10.6 Å². The number of nitrogens with zero attached hydrogens (tertiary/aromatic N) is 4. The first-order valence-corrected chi connectivity index (χ1v) is 13.3. The van der Waals surface area contributed by atoms with Crippen LogP contribution in [0.3, 0.4) is 0 Å². The third-order valence-corrected chi connectivity index (χ3v) is 9.41. The number of carbonyl (C=O) groups excluding carboxylic acids is 1. The number of pyridine rings is 1. The minimum absolute atomic E-state index is 0.121. The number of aromatic amines is 1. The van der Waals surface area contributed by atoms with Crippen molar-refractivity contribution in [2.75, 3.05) is 26.2 Å². The fourth-order valence-corrected chi connectivity index (χ4v) is 7.00. The number of fused-ring (bicyclic) bond motifs is 1. The molecule has 11 heteroatoms. The average Bonchev–Trinajstić information content (AvgIpc) is 3.39. The van der Waals surface area contributed by atoms with E-state index in [-0.39, 0.29) is 24.0 Å². The molecule has 3 aromatic heterocycles. The number of carbonyl (C=O) groups is 1. The number of aromatic nitrogens is 3. The molecule has 4 heterocycles. The Morgan fingerprint density at radius 1 is 1.09 bits per heavy atom. The van der Waals surface area contributed by atoms with E-state index in [9.17, 15) is 13.2 Å². The summed E-state index contributed by atoms with van der Waals surface area (Å²) in [5.74, 6) is -0.121. The number of benzene rings is 1. The second kappa shape index (κ2) is 8.77. The van der Waals surface area contributed by atoms with E-state index in [1.54, 1.807) is 42.4 Å². The van der Waals surface area contributed by atoms with Gasteiger partial charge in [-0.2, -0.15) is 4.31 Å². The molecule has 176 valence electrons. The molecule has 8 nitrogen and oxygen atoms in total. The summed E-state index contributed by atoms with van der Waals surface area (Å²) in [6, 6.07) is 8.97. The van der Waals surface area contributed by atoms with Gasteiger partial charge in [0.15, 0.2) is 5.03 Å². The lowest BCUT2D eigenvalue weighted by Crippen LogP contribution is -2.50. The van der Waals surface area contributed by atoms with Crippen molar-refractivity contribution in [1.29, 1.82) is 0 Å². The van der Waals surface area contributed by atoms with Gasteiger partial charge in [-0.05, 0) is 49.7 Å². The van der Waals surface area contributed by atoms with Crippen LogP contribution in [0.15, 0.2) is 47.8 Å². The molecule has 34 heavy (non-hydrogen) atoms. The monoisotopic (exact) mass is 515 g/mol. The zero-order valence-corrected chi connectivity index (χ0v) is 21.0. The molecular formula is C23H22ClN5O3S2. The Balaban J connectivity index is 1.33. The highest BCUT2D eigenvalue weighted by atomic mass is 35.5. The predicted octanol–water partition coefficient (Wildman–Crippen LogP) is 4.10. The number of hydrogen-bond donors (Lipinski definition) is 1. The van der Waals surface area contributed by atoms with Gasteiger partial charge in [0.05, 0.1) is 5.69 Å². The van der Waals surface area contributed by atoms with Gasteiger partial charge in [-0.3, -0.25) is 9.78 Å². The van der Waals surface area contributed by atoms with Crippen molar-refractivity contribution >= 4 is 49.8 Å². The first-order chi connectivity index (χ1) is 16.3. The molecule has 1 aliphatic rings. The van der Waals surface area contributed by atoms with Crippen LogP contribution < -0.4 is 0 Å². The quantitative estimate of drug-likeness (QED) is 0.441. The Morgan fingerprint density at radius 2 is 1.79 bits per heavy atom. The zero-order chi connectivity index (χ0) is 24.0. The van der Waals surface area contributed by atoms with Crippen molar-refractivity contribution in [2.24, 2.45) is 0 Å². The average molecular weight is 516 g/mol. The normalized spacial score (nSPS) is 15.2. The van der Waals surface area contributed by atoms with E-state index < -0.39 is 10.0 Å². The number of amides is 1. The molecule has 5 rings (SSSR count). The number of hydrogen-bond acceptors (Lipinski definition) is 6. The molecule has 4 aromatic rings. The minimum Gasteiger partial charge on any atom is -0.344 e. The van der Waals surface area contributed by atoms with Gasteiger partial charge in [0.1, 0.15) is 9.88 Å². The highest BCUT2D eigenvalue weighted by Crippen LogP contribution is 2.31. The van der Waals surface area contributed by atoms with E-state index >= 15 is 0 Å². The number of H-pyrrole nitrogens is 1. The summed E-state index contributed by atoms with van der Waals surface area (Å²) >= 11 is 7.43. The number of piperazine rings is 1. The van der Waals surface area contributed by atoms with Crippen molar-refractivity contribution in [1.82, 2.24) is 24.2 Å². The molecule has 0 spiro atoms. The van der Waals surface area contributed by atoms with Crippen molar-refractivity contribution in [3.63, 3.8) is 0 Å². The molecule has 0 aliphatic carbocycles. The zero-order valence-electron chi connectivity index (χ0n) is 18.6. The Hall–Kier alpha value is -2.79. The van der Waals surface area contributed by atoms with Crippen LogP contribution >= 0.6 is 22.9 Å². The molecule has 1 fully saturated rings. The van der Waals surface area contributed by atoms with Crippen molar-refractivity contribution in [3.05, 3.63) is 63.9 Å². The molecular weight excluding hydrogens is 494 g/mol. The van der Waals surface area contributed by atoms with Crippen LogP contribution in [0.4, 0.5) is 0 Å². The van der Waals surface area contributed by atoms with Gasteiger partial charge < -0.3 is 9.88 Å². The Bertz CT molecular complexity index is 1490. The highest BCUT2D eigenvalue weighted by Gasteiger charge is 2.33. The summed E-state index contributed by atoms with van der Waals surface area (Å²) in [5.41, 5.74) is 2.94. The lowest BCUT2D eigenvalue weighted by molar-refractivity contribution is 0.0701. The fourth-order valence-electron chi connectivity index (χ4n) is 4.15. The standard InChI is InChI=1S/C23H22ClN5O3S2/c1-14-18-13-17(24)3-4-19(18)27-22(14)34(31,32)29-11-9-28(10-12-29)23(30)20-15(2)26-21(33-20)16-5-7-25-8-6-16/h3-8,13,27H,9-12H2,1-2H3. The molecule has 1 amide bonds. The molecule has 1 N–H and O–H groups in total. The van der Waals surface area contributed by atoms with E-state index in [1.165, 1.54) is 15.6 Å². The topological polar surface area (TPSA) is 99.3 Å². The maximum absolute atomic E-state index is 13.4. The van der Waals surface area contributed by atoms with Gasteiger partial charge >= 0.3 is 0 Å². The second-order valence-electron chi connectivity index (χ2n) is 8.13. The number of aryl methyl sites for hydroxylation is 2. The third kappa shape index (κ3) is 4.00. The van der Waals surface area contributed by atoms with E-state index in [2.05, 4.69) is 15.0 Å². The van der Waals surface area contributed by atoms with Gasteiger partial charge in [0.25, 0.3) is 15.9 Å². The molecule has 0 radical (unpaired) electrons. The van der Waals surface area contributed by atoms with Crippen LogP contribution in [0.2, 0.25) is 5.02 Å². The molecule has 0 unspecified atom stereocenters. The van der Waals surface area contributed by atoms with E-state index in [1.807, 2.05) is 19.1 Å². The summed E-state index contributed by atoms with van der Waals surface area (Å²) < 4.78 is 28.2. The van der Waals surface area contributed by atoms with Crippen LogP contribution in [0.25, 0.3) is 21.5 Å². The summed E-state index contributed by atoms with van der Waals surface area (Å²) in [4.78, 5) is 27.1. The summed E-state index contributed by atoms with van der Waals surface area (Å²) in [6.45, 7) is 4.66. The third-order valence-electron chi connectivity index (χ3n) is 6.02. The predicted molar refractivity (Wildman–Crippen MR) is 133 cm³/mol. The van der Waals surface area contributed by atoms with Crippen LogP contribution in [0.5, 0.6) is 0 Å².